The van der Waals surface area contributed by atoms with Crippen LogP contribution < -0.4 is 10.5 Å². The molecular formula is C13H20N2O2S2. The molecule has 1 aliphatic heterocycles. The number of rotatable bonds is 5. The minimum atomic E-state index is -3.30. The van der Waals surface area contributed by atoms with Crippen LogP contribution >= 0.6 is 11.8 Å². The SMILES string of the molecule is Nc1ccccc1CS(=O)(=O)NCC1CCCCS1. The van der Waals surface area contributed by atoms with Crippen LogP contribution in [0.5, 0.6) is 0 Å². The lowest BCUT2D eigenvalue weighted by atomic mass is 10.2. The third-order valence-corrected chi connectivity index (χ3v) is 5.90. The number of nitrogens with two attached hydrogens (primary N) is 1. The van der Waals surface area contributed by atoms with E-state index in [1.807, 2.05) is 11.8 Å². The summed E-state index contributed by atoms with van der Waals surface area (Å²) in [6.07, 6.45) is 3.54. The molecule has 0 saturated carbocycles. The Bertz CT molecular complexity index is 511. The van der Waals surface area contributed by atoms with E-state index in [9.17, 15) is 8.42 Å². The Kier molecular flexibility index (Phi) is 5.13. The van der Waals surface area contributed by atoms with Crippen molar-refractivity contribution < 1.29 is 8.42 Å². The molecule has 1 aromatic carbocycles. The van der Waals surface area contributed by atoms with Crippen molar-refractivity contribution in [3.8, 4) is 0 Å². The number of benzene rings is 1. The van der Waals surface area contributed by atoms with Gasteiger partial charge in [-0.05, 0) is 30.2 Å². The number of anilines is 1. The van der Waals surface area contributed by atoms with Crippen molar-refractivity contribution in [3.05, 3.63) is 29.8 Å². The monoisotopic (exact) mass is 300 g/mol. The number of para-hydroxylation sites is 1. The van der Waals surface area contributed by atoms with E-state index in [2.05, 4.69) is 4.72 Å². The Labute approximate surface area is 119 Å². The van der Waals surface area contributed by atoms with E-state index in [1.54, 1.807) is 24.3 Å². The van der Waals surface area contributed by atoms with Gasteiger partial charge in [0.15, 0.2) is 0 Å². The summed E-state index contributed by atoms with van der Waals surface area (Å²) in [5.74, 6) is 1.09. The van der Waals surface area contributed by atoms with Gasteiger partial charge < -0.3 is 5.73 Å². The fraction of sp³-hybridized carbons (Fsp3) is 0.538. The maximum atomic E-state index is 12.0. The van der Waals surface area contributed by atoms with Gasteiger partial charge >= 0.3 is 0 Å². The lowest BCUT2D eigenvalue weighted by Crippen LogP contribution is -2.32. The second-order valence-corrected chi connectivity index (χ2v) is 8.01. The van der Waals surface area contributed by atoms with E-state index in [0.29, 0.717) is 23.0 Å². The summed E-state index contributed by atoms with van der Waals surface area (Å²) >= 11 is 1.86. The number of nitrogen functional groups attached to an aromatic ring is 1. The van der Waals surface area contributed by atoms with Crippen molar-refractivity contribution >= 4 is 27.5 Å². The van der Waals surface area contributed by atoms with Crippen molar-refractivity contribution in [1.82, 2.24) is 4.72 Å². The topological polar surface area (TPSA) is 72.2 Å². The lowest BCUT2D eigenvalue weighted by Gasteiger charge is -2.21. The van der Waals surface area contributed by atoms with E-state index in [0.717, 1.165) is 12.2 Å². The predicted octanol–water partition coefficient (Wildman–Crippen LogP) is 1.97. The molecule has 6 heteroatoms. The van der Waals surface area contributed by atoms with Crippen LogP contribution in [0.2, 0.25) is 0 Å². The maximum Gasteiger partial charge on any atom is 0.215 e. The molecule has 0 bridgehead atoms. The Morgan fingerprint density at radius 2 is 2.11 bits per heavy atom. The van der Waals surface area contributed by atoms with Crippen molar-refractivity contribution in [1.29, 1.82) is 0 Å². The molecule has 1 aliphatic rings. The maximum absolute atomic E-state index is 12.0. The standard InChI is InChI=1S/C13H20N2O2S2/c14-13-7-2-1-5-11(13)10-19(16,17)15-9-12-6-3-4-8-18-12/h1-2,5,7,12,15H,3-4,6,8-10,14H2. The molecule has 0 aromatic heterocycles. The first-order chi connectivity index (χ1) is 9.07. The summed E-state index contributed by atoms with van der Waals surface area (Å²) in [4.78, 5) is 0. The molecule has 1 unspecified atom stereocenters. The van der Waals surface area contributed by atoms with Gasteiger partial charge in [0.25, 0.3) is 0 Å². The normalized spacial score (nSPS) is 20.3. The first-order valence-corrected chi connectivity index (χ1v) is 9.19. The Balaban J connectivity index is 1.90. The van der Waals surface area contributed by atoms with Crippen LogP contribution in [0.1, 0.15) is 24.8 Å². The van der Waals surface area contributed by atoms with Gasteiger partial charge in [0.05, 0.1) is 5.75 Å². The molecule has 2 rings (SSSR count). The van der Waals surface area contributed by atoms with E-state index in [-0.39, 0.29) is 5.75 Å². The molecule has 1 aromatic rings. The summed E-state index contributed by atoms with van der Waals surface area (Å²) in [5.41, 5.74) is 6.96. The van der Waals surface area contributed by atoms with Crippen LogP contribution in [-0.2, 0) is 15.8 Å². The van der Waals surface area contributed by atoms with Crippen molar-refractivity contribution in [2.24, 2.45) is 0 Å². The predicted molar refractivity (Wildman–Crippen MR) is 81.6 cm³/mol. The average Bonchev–Trinajstić information content (AvgIpc) is 2.40. The largest absolute Gasteiger partial charge is 0.398 e. The quantitative estimate of drug-likeness (QED) is 0.816. The van der Waals surface area contributed by atoms with Gasteiger partial charge in [0.2, 0.25) is 10.0 Å². The number of hydrogen-bond acceptors (Lipinski definition) is 4. The fourth-order valence-electron chi connectivity index (χ4n) is 2.11. The van der Waals surface area contributed by atoms with Gasteiger partial charge in [-0.1, -0.05) is 24.6 Å². The summed E-state index contributed by atoms with van der Waals surface area (Å²) in [6.45, 7) is 0.528. The zero-order chi connectivity index (χ0) is 13.7. The van der Waals surface area contributed by atoms with Crippen LogP contribution in [0, 0.1) is 0 Å². The molecule has 4 nitrogen and oxygen atoms in total. The highest BCUT2D eigenvalue weighted by Gasteiger charge is 2.18. The molecule has 0 amide bonds. The third-order valence-electron chi connectivity index (χ3n) is 3.21. The molecule has 0 spiro atoms. The Morgan fingerprint density at radius 3 is 2.79 bits per heavy atom. The smallest absolute Gasteiger partial charge is 0.215 e. The average molecular weight is 300 g/mol. The summed E-state index contributed by atoms with van der Waals surface area (Å²) in [6, 6.07) is 7.08. The number of sulfonamides is 1. The Morgan fingerprint density at radius 1 is 1.32 bits per heavy atom. The molecule has 1 saturated heterocycles. The van der Waals surface area contributed by atoms with Crippen molar-refractivity contribution in [3.63, 3.8) is 0 Å². The van der Waals surface area contributed by atoms with Crippen LogP contribution in [0.15, 0.2) is 24.3 Å². The zero-order valence-electron chi connectivity index (χ0n) is 10.8. The molecule has 1 fully saturated rings. The first kappa shape index (κ1) is 14.7. The Hall–Kier alpha value is -0.720. The van der Waals surface area contributed by atoms with Gasteiger partial charge in [-0.25, -0.2) is 13.1 Å². The summed E-state index contributed by atoms with van der Waals surface area (Å²) in [7, 11) is -3.30. The molecule has 106 valence electrons. The highest BCUT2D eigenvalue weighted by molar-refractivity contribution is 8.00. The molecular weight excluding hydrogens is 280 g/mol. The van der Waals surface area contributed by atoms with Gasteiger partial charge in [-0.3, -0.25) is 0 Å². The lowest BCUT2D eigenvalue weighted by molar-refractivity contribution is 0.573. The third kappa shape index (κ3) is 4.71. The van der Waals surface area contributed by atoms with Crippen LogP contribution in [-0.4, -0.2) is 26.0 Å². The second-order valence-electron chi connectivity index (χ2n) is 4.79. The van der Waals surface area contributed by atoms with Crippen LogP contribution in [0.4, 0.5) is 5.69 Å². The zero-order valence-corrected chi connectivity index (χ0v) is 12.5. The first-order valence-electron chi connectivity index (χ1n) is 6.49. The second kappa shape index (κ2) is 6.63. The molecule has 0 aliphatic carbocycles. The van der Waals surface area contributed by atoms with Gasteiger partial charge in [0.1, 0.15) is 0 Å². The van der Waals surface area contributed by atoms with E-state index in [1.165, 1.54) is 12.8 Å². The highest BCUT2D eigenvalue weighted by Crippen LogP contribution is 2.24. The van der Waals surface area contributed by atoms with Crippen LogP contribution in [0.3, 0.4) is 0 Å². The number of nitrogens with one attached hydrogen (secondary N) is 1. The minimum absolute atomic E-state index is 0.0446. The molecule has 19 heavy (non-hydrogen) atoms. The van der Waals surface area contributed by atoms with Gasteiger partial charge in [-0.15, -0.1) is 0 Å². The summed E-state index contributed by atoms with van der Waals surface area (Å²) in [5, 5.41) is 0.414. The molecule has 3 N–H and O–H groups in total. The van der Waals surface area contributed by atoms with E-state index < -0.39 is 10.0 Å². The molecule has 0 radical (unpaired) electrons. The fourth-order valence-corrected chi connectivity index (χ4v) is 4.68. The highest BCUT2D eigenvalue weighted by atomic mass is 32.2. The van der Waals surface area contributed by atoms with Crippen LogP contribution in [0.25, 0.3) is 0 Å². The van der Waals surface area contributed by atoms with Crippen molar-refractivity contribution in [2.45, 2.75) is 30.3 Å². The van der Waals surface area contributed by atoms with Gasteiger partial charge in [-0.2, -0.15) is 11.8 Å². The number of thioether (sulfide) groups is 1. The summed E-state index contributed by atoms with van der Waals surface area (Å²) < 4.78 is 26.7. The van der Waals surface area contributed by atoms with E-state index >= 15 is 0 Å². The van der Waals surface area contributed by atoms with E-state index in [4.69, 9.17) is 5.73 Å². The molecule has 1 heterocycles. The van der Waals surface area contributed by atoms with Gasteiger partial charge in [0, 0.05) is 17.5 Å². The minimum Gasteiger partial charge on any atom is -0.398 e. The molecule has 1 atom stereocenters. The number of hydrogen-bond donors (Lipinski definition) is 2. The van der Waals surface area contributed by atoms with Crippen molar-refractivity contribution in [2.75, 3.05) is 18.0 Å².